The minimum absolute atomic E-state index is 0.139. The fraction of sp³-hybridized carbons (Fsp3) is 0.929. The molecule has 2 aliphatic rings. The Hall–Kier alpha value is -0.690. The van der Waals surface area contributed by atoms with Gasteiger partial charge in [0.05, 0.1) is 6.54 Å². The van der Waals surface area contributed by atoms with Crippen molar-refractivity contribution >= 4 is 5.91 Å². The number of hydrogen-bond acceptors (Lipinski definition) is 5. The van der Waals surface area contributed by atoms with Gasteiger partial charge in [-0.3, -0.25) is 14.6 Å². The first-order valence-corrected chi connectivity index (χ1v) is 7.73. The molecule has 1 amide bonds. The van der Waals surface area contributed by atoms with Crippen molar-refractivity contribution in [1.82, 2.24) is 20.4 Å². The van der Waals surface area contributed by atoms with E-state index in [0.29, 0.717) is 12.6 Å². The lowest BCUT2D eigenvalue weighted by Gasteiger charge is -2.29. The average Bonchev–Trinajstić information content (AvgIpc) is 2.47. The number of hydrogen-bond donors (Lipinski definition) is 2. The highest BCUT2D eigenvalue weighted by Gasteiger charge is 2.17. The van der Waals surface area contributed by atoms with Gasteiger partial charge in [-0.25, -0.2) is 0 Å². The van der Waals surface area contributed by atoms with Crippen LogP contribution < -0.4 is 10.6 Å². The summed E-state index contributed by atoms with van der Waals surface area (Å²) >= 11 is 0. The quantitative estimate of drug-likeness (QED) is 0.663. The topological polar surface area (TPSA) is 56.8 Å². The van der Waals surface area contributed by atoms with E-state index in [1.165, 1.54) is 0 Å². The summed E-state index contributed by atoms with van der Waals surface area (Å²) in [5.41, 5.74) is 0. The second-order valence-electron chi connectivity index (χ2n) is 5.78. The van der Waals surface area contributed by atoms with Crippen LogP contribution in [0.25, 0.3) is 0 Å². The van der Waals surface area contributed by atoms with Gasteiger partial charge < -0.3 is 15.4 Å². The lowest BCUT2D eigenvalue weighted by molar-refractivity contribution is -0.123. The number of carbonyl (C=O) groups excluding carboxylic acids is 1. The van der Waals surface area contributed by atoms with Gasteiger partial charge in [0.15, 0.2) is 0 Å². The van der Waals surface area contributed by atoms with Crippen molar-refractivity contribution in [3.05, 3.63) is 0 Å². The van der Waals surface area contributed by atoms with Crippen LogP contribution >= 0.6 is 0 Å². The standard InChI is InChI=1S/C14H28N4O2/c1-17(8-9-18-6-4-15-5-7-18)12-14(19)16-13-2-10-20-11-3-13/h13,15H,2-12H2,1H3,(H,16,19). The minimum Gasteiger partial charge on any atom is -0.381 e. The Balaban J connectivity index is 1.57. The highest BCUT2D eigenvalue weighted by Crippen LogP contribution is 2.05. The number of ether oxygens (including phenoxy) is 1. The molecule has 0 unspecified atom stereocenters. The highest BCUT2D eigenvalue weighted by molar-refractivity contribution is 5.78. The molecule has 2 rings (SSSR count). The molecule has 0 aromatic rings. The van der Waals surface area contributed by atoms with Crippen LogP contribution in [0.1, 0.15) is 12.8 Å². The van der Waals surface area contributed by atoms with Gasteiger partial charge >= 0.3 is 0 Å². The number of rotatable bonds is 6. The van der Waals surface area contributed by atoms with Crippen LogP contribution in [0.4, 0.5) is 0 Å². The fourth-order valence-corrected chi connectivity index (χ4v) is 2.69. The molecular weight excluding hydrogens is 256 g/mol. The van der Waals surface area contributed by atoms with Gasteiger partial charge in [0.2, 0.25) is 5.91 Å². The van der Waals surface area contributed by atoms with E-state index < -0.39 is 0 Å². The molecule has 2 N–H and O–H groups in total. The van der Waals surface area contributed by atoms with E-state index in [0.717, 1.165) is 65.3 Å². The summed E-state index contributed by atoms with van der Waals surface area (Å²) in [5.74, 6) is 0.139. The van der Waals surface area contributed by atoms with E-state index in [1.54, 1.807) is 0 Å². The number of likely N-dealkylation sites (N-methyl/N-ethyl adjacent to an activating group) is 1. The molecule has 2 saturated heterocycles. The Bertz CT molecular complexity index is 289. The van der Waals surface area contributed by atoms with Crippen LogP contribution in [0.2, 0.25) is 0 Å². The number of nitrogens with zero attached hydrogens (tertiary/aromatic N) is 2. The maximum atomic E-state index is 12.0. The summed E-state index contributed by atoms with van der Waals surface area (Å²) in [6.45, 7) is 8.40. The van der Waals surface area contributed by atoms with E-state index in [9.17, 15) is 4.79 Å². The SMILES string of the molecule is CN(CCN1CCNCC1)CC(=O)NC1CCOCC1. The molecule has 0 aliphatic carbocycles. The normalized spacial score (nSPS) is 22.1. The Morgan fingerprint density at radius 3 is 2.75 bits per heavy atom. The summed E-state index contributed by atoms with van der Waals surface area (Å²) in [6.07, 6.45) is 1.88. The molecule has 0 bridgehead atoms. The lowest BCUT2D eigenvalue weighted by Crippen LogP contribution is -2.47. The summed E-state index contributed by atoms with van der Waals surface area (Å²) < 4.78 is 5.30. The minimum atomic E-state index is 0.139. The number of piperazine rings is 1. The zero-order chi connectivity index (χ0) is 14.2. The van der Waals surface area contributed by atoms with Crippen molar-refractivity contribution in [3.8, 4) is 0 Å². The fourth-order valence-electron chi connectivity index (χ4n) is 2.69. The number of amides is 1. The third-order valence-corrected chi connectivity index (χ3v) is 4.01. The second-order valence-corrected chi connectivity index (χ2v) is 5.78. The first-order valence-electron chi connectivity index (χ1n) is 7.73. The van der Waals surface area contributed by atoms with E-state index in [-0.39, 0.29) is 5.91 Å². The molecule has 2 heterocycles. The van der Waals surface area contributed by atoms with Crippen molar-refractivity contribution in [3.63, 3.8) is 0 Å². The Kier molecular flexibility index (Phi) is 6.72. The summed E-state index contributed by atoms with van der Waals surface area (Å²) in [6, 6.07) is 0.304. The van der Waals surface area contributed by atoms with Crippen molar-refractivity contribution < 1.29 is 9.53 Å². The van der Waals surface area contributed by atoms with Gasteiger partial charge in [-0.05, 0) is 19.9 Å². The number of carbonyl (C=O) groups is 1. The van der Waals surface area contributed by atoms with Crippen molar-refractivity contribution in [2.75, 3.05) is 66.1 Å². The molecule has 0 atom stereocenters. The molecule has 6 nitrogen and oxygen atoms in total. The van der Waals surface area contributed by atoms with Crippen LogP contribution in [0.5, 0.6) is 0 Å². The summed E-state index contributed by atoms with van der Waals surface area (Å²) in [7, 11) is 2.02. The van der Waals surface area contributed by atoms with Crippen LogP contribution in [-0.2, 0) is 9.53 Å². The van der Waals surface area contributed by atoms with Gasteiger partial charge in [0.1, 0.15) is 0 Å². The molecule has 116 valence electrons. The van der Waals surface area contributed by atoms with E-state index in [1.807, 2.05) is 7.05 Å². The number of nitrogens with one attached hydrogen (secondary N) is 2. The molecule has 6 heteroatoms. The maximum absolute atomic E-state index is 12.0. The average molecular weight is 284 g/mol. The van der Waals surface area contributed by atoms with Crippen molar-refractivity contribution in [2.24, 2.45) is 0 Å². The van der Waals surface area contributed by atoms with Crippen molar-refractivity contribution in [2.45, 2.75) is 18.9 Å². The van der Waals surface area contributed by atoms with Crippen molar-refractivity contribution in [1.29, 1.82) is 0 Å². The predicted molar refractivity (Wildman–Crippen MR) is 78.8 cm³/mol. The van der Waals surface area contributed by atoms with Gasteiger partial charge in [0.25, 0.3) is 0 Å². The van der Waals surface area contributed by atoms with Crippen LogP contribution in [-0.4, -0.2) is 87.8 Å². The van der Waals surface area contributed by atoms with Gasteiger partial charge in [0, 0.05) is 58.5 Å². The summed E-state index contributed by atoms with van der Waals surface area (Å²) in [5, 5.41) is 6.45. The van der Waals surface area contributed by atoms with Gasteiger partial charge in [-0.15, -0.1) is 0 Å². The van der Waals surface area contributed by atoms with E-state index >= 15 is 0 Å². The van der Waals surface area contributed by atoms with Gasteiger partial charge in [-0.1, -0.05) is 0 Å². The molecule has 0 spiro atoms. The second kappa shape index (κ2) is 8.56. The molecule has 0 radical (unpaired) electrons. The largest absolute Gasteiger partial charge is 0.381 e. The molecule has 20 heavy (non-hydrogen) atoms. The molecule has 2 fully saturated rings. The highest BCUT2D eigenvalue weighted by atomic mass is 16.5. The Morgan fingerprint density at radius 1 is 1.35 bits per heavy atom. The molecule has 0 saturated carbocycles. The third kappa shape index (κ3) is 5.75. The van der Waals surface area contributed by atoms with Gasteiger partial charge in [-0.2, -0.15) is 0 Å². The third-order valence-electron chi connectivity index (χ3n) is 4.01. The maximum Gasteiger partial charge on any atom is 0.234 e. The van der Waals surface area contributed by atoms with Crippen LogP contribution in [0.15, 0.2) is 0 Å². The smallest absolute Gasteiger partial charge is 0.234 e. The zero-order valence-electron chi connectivity index (χ0n) is 12.6. The zero-order valence-corrected chi connectivity index (χ0v) is 12.6. The molecular formula is C14H28N4O2. The monoisotopic (exact) mass is 284 g/mol. The molecule has 0 aromatic heterocycles. The van der Waals surface area contributed by atoms with Crippen LogP contribution in [0, 0.1) is 0 Å². The Labute approximate surface area is 121 Å². The summed E-state index contributed by atoms with van der Waals surface area (Å²) in [4.78, 5) is 16.5. The molecule has 2 aliphatic heterocycles. The molecule has 0 aromatic carbocycles. The van der Waals surface area contributed by atoms with Crippen LogP contribution in [0.3, 0.4) is 0 Å². The first kappa shape index (κ1) is 15.7. The predicted octanol–water partition coefficient (Wildman–Crippen LogP) is -0.881. The Morgan fingerprint density at radius 2 is 2.05 bits per heavy atom. The van der Waals surface area contributed by atoms with E-state index in [4.69, 9.17) is 4.74 Å². The first-order chi connectivity index (χ1) is 9.74. The lowest BCUT2D eigenvalue weighted by atomic mass is 10.1. The van der Waals surface area contributed by atoms with E-state index in [2.05, 4.69) is 20.4 Å².